The lowest BCUT2D eigenvalue weighted by Gasteiger charge is -2.20. The first kappa shape index (κ1) is 32.6. The Hall–Kier alpha value is -5.38. The van der Waals surface area contributed by atoms with Crippen molar-refractivity contribution < 1.29 is 27.9 Å². The molecule has 17 heteroatoms. The van der Waals surface area contributed by atoms with Crippen molar-refractivity contribution in [1.82, 2.24) is 39.3 Å². The number of alkyl halides is 3. The van der Waals surface area contributed by atoms with Gasteiger partial charge in [0.15, 0.2) is 5.69 Å². The number of anilines is 1. The minimum atomic E-state index is -4.71. The SMILES string of the molecule is C[C@@H]1CCCC[C@H](n2cnc(-c3cc(Cl)ccc3-n3cc(C(F)(F)F)nn3)cc2=O)c2cc(ccn2)-c2c(cnn2CC(=O)O)NC1=O. The highest BCUT2D eigenvalue weighted by molar-refractivity contribution is 6.31. The van der Waals surface area contributed by atoms with E-state index in [2.05, 4.69) is 30.7 Å². The third kappa shape index (κ3) is 6.69. The largest absolute Gasteiger partial charge is 0.480 e. The summed E-state index contributed by atoms with van der Waals surface area (Å²) in [6, 6.07) is 8.42. The van der Waals surface area contributed by atoms with Crippen LogP contribution in [0.2, 0.25) is 5.02 Å². The van der Waals surface area contributed by atoms with Crippen LogP contribution in [-0.4, -0.2) is 56.3 Å². The molecule has 0 fully saturated rings. The fourth-order valence-corrected chi connectivity index (χ4v) is 5.80. The molecule has 0 aliphatic carbocycles. The Morgan fingerprint density at radius 2 is 1.90 bits per heavy atom. The van der Waals surface area contributed by atoms with Gasteiger partial charge in [0.2, 0.25) is 5.91 Å². The standard InChI is InChI=1S/C31H27ClF3N9O4/c1-17-4-2-3-5-25(22-10-18(8-9-36-22)29-23(39-30(17)48)13-38-44(29)15-28(46)47)42-16-37-21(12-27(42)45)20-11-19(32)6-7-24(20)43-14-26(40-41-43)31(33,34)35/h6-14,16-17,25H,2-5,15H2,1H3,(H,39,48)(H,46,47)/t17-,25+/m1/s1. The molecule has 48 heavy (non-hydrogen) atoms. The van der Waals surface area contributed by atoms with E-state index in [1.165, 1.54) is 52.2 Å². The average molecular weight is 682 g/mol. The zero-order valence-corrected chi connectivity index (χ0v) is 26.0. The van der Waals surface area contributed by atoms with Gasteiger partial charge in [0.25, 0.3) is 5.56 Å². The highest BCUT2D eigenvalue weighted by Gasteiger charge is 2.35. The van der Waals surface area contributed by atoms with Crippen LogP contribution in [0, 0.1) is 5.92 Å². The molecule has 1 aliphatic rings. The number of carboxylic acid groups (broad SMARTS) is 1. The van der Waals surface area contributed by atoms with Gasteiger partial charge in [0.1, 0.15) is 6.54 Å². The van der Waals surface area contributed by atoms with Crippen LogP contribution in [-0.2, 0) is 22.3 Å². The van der Waals surface area contributed by atoms with Crippen LogP contribution in [0.1, 0.15) is 50.0 Å². The number of halogens is 4. The maximum atomic E-state index is 13.8. The zero-order chi connectivity index (χ0) is 34.2. The number of hydrogen-bond acceptors (Lipinski definition) is 8. The number of aliphatic carboxylic acids is 1. The van der Waals surface area contributed by atoms with Crippen LogP contribution in [0.3, 0.4) is 0 Å². The van der Waals surface area contributed by atoms with Gasteiger partial charge in [0.05, 0.1) is 53.2 Å². The van der Waals surface area contributed by atoms with Crippen molar-refractivity contribution >= 4 is 29.2 Å². The Morgan fingerprint density at radius 3 is 2.62 bits per heavy atom. The summed E-state index contributed by atoms with van der Waals surface area (Å²) in [5.41, 5.74) is 0.647. The Kier molecular flexibility index (Phi) is 8.83. The smallest absolute Gasteiger partial charge is 0.436 e. The highest BCUT2D eigenvalue weighted by Crippen LogP contribution is 2.34. The maximum Gasteiger partial charge on any atom is 0.436 e. The average Bonchev–Trinajstić information content (AvgIpc) is 3.68. The van der Waals surface area contributed by atoms with Crippen molar-refractivity contribution in [3.05, 3.63) is 88.1 Å². The molecule has 13 nitrogen and oxygen atoms in total. The lowest BCUT2D eigenvalue weighted by atomic mass is 9.99. The summed E-state index contributed by atoms with van der Waals surface area (Å²) in [4.78, 5) is 47.5. The Bertz CT molecular complexity index is 2070. The number of fused-ring (bicyclic) bond motifs is 4. The third-order valence-corrected chi connectivity index (χ3v) is 8.26. The highest BCUT2D eigenvalue weighted by atomic mass is 35.5. The van der Waals surface area contributed by atoms with Crippen LogP contribution in [0.4, 0.5) is 18.9 Å². The lowest BCUT2D eigenvalue weighted by Crippen LogP contribution is -2.26. The molecule has 1 amide bonds. The van der Waals surface area contributed by atoms with Crippen molar-refractivity contribution in [1.29, 1.82) is 0 Å². The van der Waals surface area contributed by atoms with E-state index < -0.39 is 36.0 Å². The van der Waals surface area contributed by atoms with E-state index in [0.29, 0.717) is 48.3 Å². The summed E-state index contributed by atoms with van der Waals surface area (Å²) in [5.74, 6) is -1.71. The molecule has 4 aromatic heterocycles. The molecule has 248 valence electrons. The number of hydrogen-bond donors (Lipinski definition) is 2. The van der Waals surface area contributed by atoms with E-state index >= 15 is 0 Å². The number of nitrogens with zero attached hydrogens (tertiary/aromatic N) is 8. The van der Waals surface area contributed by atoms with Crippen molar-refractivity contribution in [2.24, 2.45) is 5.92 Å². The molecule has 0 radical (unpaired) electrons. The van der Waals surface area contributed by atoms with Gasteiger partial charge in [-0.25, -0.2) is 9.67 Å². The summed E-state index contributed by atoms with van der Waals surface area (Å²) >= 11 is 6.24. The molecule has 6 rings (SSSR count). The fourth-order valence-electron chi connectivity index (χ4n) is 5.63. The molecular formula is C31H27ClF3N9O4. The minimum absolute atomic E-state index is 0.143. The van der Waals surface area contributed by atoms with Crippen LogP contribution < -0.4 is 10.9 Å². The molecule has 5 heterocycles. The summed E-state index contributed by atoms with van der Waals surface area (Å²) in [6.45, 7) is 1.35. The van der Waals surface area contributed by atoms with Gasteiger partial charge >= 0.3 is 12.1 Å². The van der Waals surface area contributed by atoms with Gasteiger partial charge in [-0.15, -0.1) is 5.10 Å². The molecule has 0 saturated heterocycles. The number of carbonyl (C=O) groups excluding carboxylic acids is 1. The first-order chi connectivity index (χ1) is 22.9. The lowest BCUT2D eigenvalue weighted by molar-refractivity contribution is -0.141. The first-order valence-electron chi connectivity index (χ1n) is 14.8. The van der Waals surface area contributed by atoms with Crippen LogP contribution in [0.15, 0.2) is 66.1 Å². The molecule has 2 atom stereocenters. The van der Waals surface area contributed by atoms with Crippen LogP contribution >= 0.6 is 11.6 Å². The van der Waals surface area contributed by atoms with E-state index in [0.717, 1.165) is 10.9 Å². The summed E-state index contributed by atoms with van der Waals surface area (Å²) in [5, 5.41) is 23.7. The van der Waals surface area contributed by atoms with E-state index in [1.54, 1.807) is 19.1 Å². The van der Waals surface area contributed by atoms with Crippen LogP contribution in [0.25, 0.3) is 28.2 Å². The van der Waals surface area contributed by atoms with E-state index in [-0.39, 0.29) is 33.8 Å². The van der Waals surface area contributed by atoms with Gasteiger partial charge in [0, 0.05) is 34.3 Å². The van der Waals surface area contributed by atoms with Crippen LogP contribution in [0.5, 0.6) is 0 Å². The Labute approximate surface area is 275 Å². The number of carboxylic acids is 1. The molecule has 1 aromatic carbocycles. The van der Waals surface area contributed by atoms with Crippen molar-refractivity contribution in [2.45, 2.75) is 51.4 Å². The molecule has 5 aromatic rings. The normalized spacial score (nSPS) is 17.1. The molecule has 0 unspecified atom stereocenters. The van der Waals surface area contributed by atoms with Gasteiger partial charge in [-0.2, -0.15) is 18.3 Å². The number of nitrogens with one attached hydrogen (secondary N) is 1. The number of pyridine rings is 1. The summed E-state index contributed by atoms with van der Waals surface area (Å²) < 4.78 is 43.3. The van der Waals surface area contributed by atoms with E-state index in [1.807, 2.05) is 0 Å². The fraction of sp³-hybridized carbons (Fsp3) is 0.290. The second-order valence-electron chi connectivity index (χ2n) is 11.3. The molecule has 2 bridgehead atoms. The Morgan fingerprint density at radius 1 is 1.10 bits per heavy atom. The topological polar surface area (TPSA) is 163 Å². The molecule has 0 spiro atoms. The predicted octanol–water partition coefficient (Wildman–Crippen LogP) is 5.24. The molecule has 1 aliphatic heterocycles. The zero-order valence-electron chi connectivity index (χ0n) is 25.2. The van der Waals surface area contributed by atoms with Gasteiger partial charge in [-0.3, -0.25) is 28.6 Å². The van der Waals surface area contributed by atoms with Crippen molar-refractivity contribution in [3.63, 3.8) is 0 Å². The monoisotopic (exact) mass is 681 g/mol. The number of benzene rings is 1. The quantitative estimate of drug-likeness (QED) is 0.252. The molecule has 0 saturated carbocycles. The molecular weight excluding hydrogens is 655 g/mol. The number of carbonyl (C=O) groups is 2. The Balaban J connectivity index is 1.42. The second kappa shape index (κ2) is 13.0. The summed E-state index contributed by atoms with van der Waals surface area (Å²) in [6.07, 6.45) is 2.62. The van der Waals surface area contributed by atoms with Crippen molar-refractivity contribution in [2.75, 3.05) is 5.32 Å². The van der Waals surface area contributed by atoms with E-state index in [4.69, 9.17) is 11.6 Å². The number of amides is 1. The number of rotatable bonds is 5. The van der Waals surface area contributed by atoms with Crippen molar-refractivity contribution in [3.8, 4) is 28.2 Å². The number of aromatic nitrogens is 8. The predicted molar refractivity (Wildman–Crippen MR) is 166 cm³/mol. The summed E-state index contributed by atoms with van der Waals surface area (Å²) in [7, 11) is 0. The van der Waals surface area contributed by atoms with Gasteiger partial charge in [-0.05, 0) is 43.2 Å². The minimum Gasteiger partial charge on any atom is -0.480 e. The third-order valence-electron chi connectivity index (χ3n) is 8.03. The molecule has 2 N–H and O–H groups in total. The van der Waals surface area contributed by atoms with Gasteiger partial charge in [-0.1, -0.05) is 36.6 Å². The first-order valence-corrected chi connectivity index (χ1v) is 15.2. The van der Waals surface area contributed by atoms with E-state index in [9.17, 15) is 32.7 Å². The maximum absolute atomic E-state index is 13.8. The van der Waals surface area contributed by atoms with Gasteiger partial charge < -0.3 is 10.4 Å². The second-order valence-corrected chi connectivity index (χ2v) is 11.8.